The number of likely N-dealkylation sites (tertiary alicyclic amines) is 1. The number of aromatic nitrogens is 2. The molecule has 0 saturated carbocycles. The Bertz CT molecular complexity index is 1230. The molecule has 1 amide bonds. The van der Waals surface area contributed by atoms with Crippen molar-refractivity contribution in [2.45, 2.75) is 18.9 Å². The van der Waals surface area contributed by atoms with Crippen molar-refractivity contribution in [2.75, 3.05) is 24.2 Å². The highest BCUT2D eigenvalue weighted by atomic mass is 32.2. The Kier molecular flexibility index (Phi) is 5.50. The second-order valence-corrected chi connectivity index (χ2v) is 9.73. The molecule has 0 spiro atoms. The lowest BCUT2D eigenvalue weighted by molar-refractivity contribution is -0.113. The van der Waals surface area contributed by atoms with E-state index in [9.17, 15) is 9.59 Å². The van der Waals surface area contributed by atoms with Crippen LogP contribution in [0, 0.1) is 5.92 Å². The van der Waals surface area contributed by atoms with Gasteiger partial charge in [0.2, 0.25) is 5.91 Å². The fourth-order valence-electron chi connectivity index (χ4n) is 4.60. The van der Waals surface area contributed by atoms with Crippen molar-refractivity contribution in [3.8, 4) is 0 Å². The molecule has 1 fully saturated rings. The van der Waals surface area contributed by atoms with E-state index in [4.69, 9.17) is 12.2 Å². The maximum absolute atomic E-state index is 12.5. The molecule has 1 saturated heterocycles. The third-order valence-corrected chi connectivity index (χ3v) is 7.46. The van der Waals surface area contributed by atoms with E-state index in [0.29, 0.717) is 17.5 Å². The molecule has 2 aliphatic rings. The van der Waals surface area contributed by atoms with Crippen LogP contribution in [0.3, 0.4) is 0 Å². The second-order valence-electron chi connectivity index (χ2n) is 8.12. The molecule has 0 radical (unpaired) electrons. The van der Waals surface area contributed by atoms with Crippen LogP contribution in [0.2, 0.25) is 0 Å². The summed E-state index contributed by atoms with van der Waals surface area (Å²) >= 11 is 7.04. The lowest BCUT2D eigenvalue weighted by Gasteiger charge is -2.43. The third-order valence-electron chi connectivity index (χ3n) is 5.94. The average Bonchev–Trinajstić information content (AvgIpc) is 2.78. The van der Waals surface area contributed by atoms with E-state index in [1.165, 1.54) is 11.8 Å². The van der Waals surface area contributed by atoms with Gasteiger partial charge in [0, 0.05) is 42.7 Å². The van der Waals surface area contributed by atoms with Gasteiger partial charge in [-0.1, -0.05) is 48.2 Å². The highest BCUT2D eigenvalue weighted by molar-refractivity contribution is 8.23. The molecular formula is C23H22N4O2S2. The lowest BCUT2D eigenvalue weighted by Crippen LogP contribution is -2.48. The molecule has 0 unspecified atom stereocenters. The van der Waals surface area contributed by atoms with Gasteiger partial charge in [-0.15, -0.1) is 0 Å². The van der Waals surface area contributed by atoms with Gasteiger partial charge < -0.3 is 14.8 Å². The summed E-state index contributed by atoms with van der Waals surface area (Å²) in [5.74, 6) is 0.867. The summed E-state index contributed by atoms with van der Waals surface area (Å²) in [6.45, 7) is 2.37. The highest BCUT2D eigenvalue weighted by Crippen LogP contribution is 2.36. The number of hydrogen-bond acceptors (Lipinski definition) is 5. The van der Waals surface area contributed by atoms with Crippen LogP contribution >= 0.6 is 24.0 Å². The maximum Gasteiger partial charge on any atom is 0.250 e. The standard InChI is InChI=1S/C23H22N4O2S2/c28-21(25-18-9-16-4-1-2-5-19(16)24-10-18)14-31-23(30)26-11-15-8-17(13-26)20-6-3-7-22(29)27(20)12-15/h1-7,9-10,15,17H,8,11-14H2,(H,25,28)/t15-,17-/m1/s1. The minimum atomic E-state index is -0.0986. The molecule has 1 N–H and O–H groups in total. The Morgan fingerprint density at radius 3 is 2.94 bits per heavy atom. The number of amides is 1. The Morgan fingerprint density at radius 2 is 2.03 bits per heavy atom. The summed E-state index contributed by atoms with van der Waals surface area (Å²) in [6, 6.07) is 15.3. The van der Waals surface area contributed by atoms with Crippen molar-refractivity contribution in [3.63, 3.8) is 0 Å². The number of carbonyl (C=O) groups excluding carboxylic acids is 1. The minimum Gasteiger partial charge on any atom is -0.356 e. The summed E-state index contributed by atoms with van der Waals surface area (Å²) < 4.78 is 2.66. The highest BCUT2D eigenvalue weighted by Gasteiger charge is 2.35. The second kappa shape index (κ2) is 8.43. The van der Waals surface area contributed by atoms with Crippen molar-refractivity contribution in [3.05, 3.63) is 70.8 Å². The van der Waals surface area contributed by atoms with Gasteiger partial charge in [0.15, 0.2) is 0 Å². The third kappa shape index (κ3) is 4.22. The molecule has 4 heterocycles. The smallest absolute Gasteiger partial charge is 0.250 e. The number of rotatable bonds is 3. The van der Waals surface area contributed by atoms with E-state index in [2.05, 4.69) is 15.2 Å². The summed E-state index contributed by atoms with van der Waals surface area (Å²) in [5.41, 5.74) is 2.76. The maximum atomic E-state index is 12.5. The zero-order chi connectivity index (χ0) is 21.4. The van der Waals surface area contributed by atoms with Crippen LogP contribution in [-0.4, -0.2) is 43.5 Å². The SMILES string of the molecule is O=C(CSC(=S)N1C[C@H]2C[C@H](C1)c1cccc(=O)n1C2)Nc1cnc2ccccc2c1. The van der Waals surface area contributed by atoms with Gasteiger partial charge in [0.25, 0.3) is 5.56 Å². The fraction of sp³-hybridized carbons (Fsp3) is 0.304. The monoisotopic (exact) mass is 450 g/mol. The Labute approximate surface area is 189 Å². The van der Waals surface area contributed by atoms with E-state index in [1.807, 2.05) is 47.0 Å². The first kappa shape index (κ1) is 20.2. The number of thioether (sulfide) groups is 1. The van der Waals surface area contributed by atoms with Crippen molar-refractivity contribution >= 4 is 50.8 Å². The molecule has 3 aromatic rings. The van der Waals surface area contributed by atoms with E-state index >= 15 is 0 Å². The first-order valence-corrected chi connectivity index (χ1v) is 11.7. The number of piperidine rings is 1. The first-order chi connectivity index (χ1) is 15.1. The summed E-state index contributed by atoms with van der Waals surface area (Å²) in [7, 11) is 0. The number of benzene rings is 1. The van der Waals surface area contributed by atoms with E-state index in [-0.39, 0.29) is 17.2 Å². The number of carbonyl (C=O) groups is 1. The summed E-state index contributed by atoms with van der Waals surface area (Å²) in [6.07, 6.45) is 2.76. The van der Waals surface area contributed by atoms with Gasteiger partial charge in [0.1, 0.15) is 4.32 Å². The van der Waals surface area contributed by atoms with Crippen molar-refractivity contribution in [1.82, 2.24) is 14.5 Å². The van der Waals surface area contributed by atoms with Crippen LogP contribution in [0.15, 0.2) is 59.5 Å². The largest absolute Gasteiger partial charge is 0.356 e. The average molecular weight is 451 g/mol. The molecule has 31 heavy (non-hydrogen) atoms. The van der Waals surface area contributed by atoms with Gasteiger partial charge in [-0.2, -0.15) is 0 Å². The van der Waals surface area contributed by atoms with Crippen LogP contribution < -0.4 is 10.9 Å². The molecule has 0 aliphatic carbocycles. The summed E-state index contributed by atoms with van der Waals surface area (Å²) in [5, 5.41) is 3.90. The molecule has 2 bridgehead atoms. The first-order valence-electron chi connectivity index (χ1n) is 10.3. The quantitative estimate of drug-likeness (QED) is 0.617. The number of anilines is 1. The minimum absolute atomic E-state index is 0.0810. The van der Waals surface area contributed by atoms with Gasteiger partial charge in [0.05, 0.1) is 23.2 Å². The summed E-state index contributed by atoms with van der Waals surface area (Å²) in [4.78, 5) is 31.2. The Hall–Kier alpha value is -2.71. The van der Waals surface area contributed by atoms with Crippen LogP contribution in [0.1, 0.15) is 18.0 Å². The lowest BCUT2D eigenvalue weighted by atomic mass is 9.83. The number of pyridine rings is 2. The molecule has 8 heteroatoms. The van der Waals surface area contributed by atoms with Crippen LogP contribution in [0.5, 0.6) is 0 Å². The molecule has 5 rings (SSSR count). The molecule has 158 valence electrons. The fourth-order valence-corrected chi connectivity index (χ4v) is 5.58. The zero-order valence-corrected chi connectivity index (χ0v) is 18.5. The Balaban J connectivity index is 1.19. The van der Waals surface area contributed by atoms with Crippen LogP contribution in [0.4, 0.5) is 5.69 Å². The molecule has 2 aromatic heterocycles. The van der Waals surface area contributed by atoms with E-state index in [0.717, 1.165) is 47.0 Å². The van der Waals surface area contributed by atoms with E-state index in [1.54, 1.807) is 12.3 Å². The molecule has 1 aromatic carbocycles. The van der Waals surface area contributed by atoms with Gasteiger partial charge in [-0.3, -0.25) is 14.6 Å². The number of para-hydroxylation sites is 1. The number of fused-ring (bicyclic) bond motifs is 5. The van der Waals surface area contributed by atoms with Crippen molar-refractivity contribution < 1.29 is 4.79 Å². The molecule has 6 nitrogen and oxygen atoms in total. The number of thiocarbonyl (C=S) groups is 1. The number of nitrogens with zero attached hydrogens (tertiary/aromatic N) is 3. The van der Waals surface area contributed by atoms with E-state index < -0.39 is 0 Å². The topological polar surface area (TPSA) is 67.2 Å². The van der Waals surface area contributed by atoms with Crippen molar-refractivity contribution in [1.29, 1.82) is 0 Å². The van der Waals surface area contributed by atoms with Gasteiger partial charge in [-0.25, -0.2) is 0 Å². The molecular weight excluding hydrogens is 428 g/mol. The van der Waals surface area contributed by atoms with Crippen molar-refractivity contribution in [2.24, 2.45) is 5.92 Å². The number of nitrogens with one attached hydrogen (secondary N) is 1. The van der Waals surface area contributed by atoms with Crippen LogP contribution in [-0.2, 0) is 11.3 Å². The normalized spacial score (nSPS) is 19.7. The predicted molar refractivity (Wildman–Crippen MR) is 129 cm³/mol. The Morgan fingerprint density at radius 1 is 1.16 bits per heavy atom. The van der Waals surface area contributed by atoms with Crippen LogP contribution in [0.25, 0.3) is 10.9 Å². The zero-order valence-electron chi connectivity index (χ0n) is 16.9. The van der Waals surface area contributed by atoms with Gasteiger partial charge >= 0.3 is 0 Å². The number of hydrogen-bond donors (Lipinski definition) is 1. The molecule has 2 atom stereocenters. The molecule has 2 aliphatic heterocycles. The predicted octanol–water partition coefficient (Wildman–Crippen LogP) is 3.47. The van der Waals surface area contributed by atoms with Gasteiger partial charge in [-0.05, 0) is 30.5 Å².